The van der Waals surface area contributed by atoms with Gasteiger partial charge in [-0.2, -0.15) is 0 Å². The average Bonchev–Trinajstić information content (AvgIpc) is 3.17. The third-order valence-corrected chi connectivity index (χ3v) is 9.85. The number of hydrogen-bond acceptors (Lipinski definition) is 8. The summed E-state index contributed by atoms with van der Waals surface area (Å²) in [7, 11) is 1.10. The molecule has 0 rings (SSSR count). The third kappa shape index (κ3) is 42.8. The summed E-state index contributed by atoms with van der Waals surface area (Å²) in [5.41, 5.74) is 0. The van der Waals surface area contributed by atoms with Crippen LogP contribution in [0.1, 0.15) is 155 Å². The Morgan fingerprint density at radius 3 is 1.41 bits per heavy atom. The fraction of sp³-hybridized carbons (Fsp3) is 0.667. The Morgan fingerprint density at radius 1 is 0.534 bits per heavy atom. The molecule has 10 heteroatoms. The lowest BCUT2D eigenvalue weighted by Crippen LogP contribution is -2.37. The molecule has 0 aromatic rings. The topological polar surface area (TPSA) is 111 Å². The smallest absolute Gasteiger partial charge is 0.306 e. The van der Waals surface area contributed by atoms with Crippen LogP contribution < -0.4 is 4.89 Å². The van der Waals surface area contributed by atoms with E-state index in [-0.39, 0.29) is 26.1 Å². The molecule has 0 bridgehead atoms. The molecule has 1 unspecified atom stereocenters. The fourth-order valence-corrected chi connectivity index (χ4v) is 6.09. The Bertz CT molecular complexity index is 1260. The van der Waals surface area contributed by atoms with E-state index in [9.17, 15) is 19.0 Å². The number of likely N-dealkylation sites (N-methyl/N-ethyl adjacent to an activating group) is 1. The van der Waals surface area contributed by atoms with Gasteiger partial charge < -0.3 is 27.9 Å². The van der Waals surface area contributed by atoms with Crippen LogP contribution in [0.5, 0.6) is 0 Å². The third-order valence-electron chi connectivity index (χ3n) is 8.89. The molecule has 0 saturated heterocycles. The molecule has 0 aromatic heterocycles. The molecule has 0 heterocycles. The minimum Gasteiger partial charge on any atom is -0.756 e. The van der Waals surface area contributed by atoms with Crippen molar-refractivity contribution in [2.75, 3.05) is 47.5 Å². The van der Waals surface area contributed by atoms with Gasteiger partial charge in [0.2, 0.25) is 0 Å². The number of allylic oxidation sites excluding steroid dienone is 14. The van der Waals surface area contributed by atoms with E-state index in [1.54, 1.807) is 0 Å². The maximum absolute atomic E-state index is 12.7. The first-order valence-corrected chi connectivity index (χ1v) is 23.8. The summed E-state index contributed by atoms with van der Waals surface area (Å²) in [6.45, 7) is 4.06. The normalized spacial score (nSPS) is 14.4. The van der Waals surface area contributed by atoms with Gasteiger partial charge in [-0.1, -0.05) is 137 Å². The molecule has 0 radical (unpaired) electrons. The molecular formula is C48H82NO8P. The maximum Gasteiger partial charge on any atom is 0.306 e. The minimum absolute atomic E-state index is 0.0494. The molecule has 9 nitrogen and oxygen atoms in total. The number of carbonyl (C=O) groups is 2. The van der Waals surface area contributed by atoms with E-state index >= 15 is 0 Å². The van der Waals surface area contributed by atoms with Gasteiger partial charge in [-0.05, 0) is 89.9 Å². The lowest BCUT2D eigenvalue weighted by atomic mass is 10.1. The SMILES string of the molecule is CCCCC/C=C\C/C=C\C/C=C\C/C=C\CCCC(=O)O[C@H](COC(=O)CCCCCC/C=C\C/C=C\C/C=C\CCCCC)COP(=O)([O-])OCC[N+](C)(C)C. The van der Waals surface area contributed by atoms with Crippen molar-refractivity contribution in [1.82, 2.24) is 0 Å². The molecule has 332 valence electrons. The lowest BCUT2D eigenvalue weighted by Gasteiger charge is -2.28. The predicted molar refractivity (Wildman–Crippen MR) is 240 cm³/mol. The second kappa shape index (κ2) is 39.6. The van der Waals surface area contributed by atoms with Gasteiger partial charge in [-0.15, -0.1) is 0 Å². The van der Waals surface area contributed by atoms with Gasteiger partial charge in [-0.25, -0.2) is 0 Å². The number of ether oxygens (including phenoxy) is 2. The van der Waals surface area contributed by atoms with Gasteiger partial charge in [0, 0.05) is 12.8 Å². The molecule has 0 aliphatic carbocycles. The molecule has 2 atom stereocenters. The number of rotatable bonds is 39. The minimum atomic E-state index is -4.65. The molecule has 0 N–H and O–H groups in total. The number of esters is 2. The highest BCUT2D eigenvalue weighted by atomic mass is 31.2. The number of hydrogen-bond donors (Lipinski definition) is 0. The van der Waals surface area contributed by atoms with Crippen molar-refractivity contribution >= 4 is 19.8 Å². The van der Waals surface area contributed by atoms with Gasteiger partial charge in [0.05, 0.1) is 27.7 Å². The van der Waals surface area contributed by atoms with Gasteiger partial charge in [0.1, 0.15) is 19.8 Å². The van der Waals surface area contributed by atoms with E-state index in [1.165, 1.54) is 51.4 Å². The summed E-state index contributed by atoms with van der Waals surface area (Å²) in [5, 5.41) is 0. The van der Waals surface area contributed by atoms with E-state index in [2.05, 4.69) is 92.8 Å². The first-order valence-electron chi connectivity index (χ1n) is 22.3. The number of unbranched alkanes of at least 4 members (excludes halogenated alkanes) is 11. The molecule has 0 saturated carbocycles. The Balaban J connectivity index is 4.52. The summed E-state index contributed by atoms with van der Waals surface area (Å²) in [4.78, 5) is 37.5. The molecule has 0 fully saturated rings. The molecule has 0 aliphatic rings. The molecular weight excluding hydrogens is 750 g/mol. The summed E-state index contributed by atoms with van der Waals surface area (Å²) in [6, 6.07) is 0. The van der Waals surface area contributed by atoms with Crippen LogP contribution in [0.3, 0.4) is 0 Å². The summed E-state index contributed by atoms with van der Waals surface area (Å²) < 4.78 is 33.8. The van der Waals surface area contributed by atoms with Crippen molar-refractivity contribution in [1.29, 1.82) is 0 Å². The van der Waals surface area contributed by atoms with Crippen molar-refractivity contribution < 1.29 is 42.1 Å². The second-order valence-electron chi connectivity index (χ2n) is 15.7. The van der Waals surface area contributed by atoms with Gasteiger partial charge in [-0.3, -0.25) is 14.2 Å². The van der Waals surface area contributed by atoms with E-state index in [4.69, 9.17) is 18.5 Å². The van der Waals surface area contributed by atoms with Gasteiger partial charge in [0.15, 0.2) is 6.10 Å². The summed E-state index contributed by atoms with van der Waals surface area (Å²) >= 11 is 0. The zero-order valence-corrected chi connectivity index (χ0v) is 38.1. The summed E-state index contributed by atoms with van der Waals surface area (Å²) in [5.74, 6) is -0.934. The number of phosphoric ester groups is 1. The van der Waals surface area contributed by atoms with Crippen LogP contribution in [0.15, 0.2) is 85.1 Å². The van der Waals surface area contributed by atoms with Crippen LogP contribution >= 0.6 is 7.82 Å². The monoisotopic (exact) mass is 832 g/mol. The van der Waals surface area contributed by atoms with Crippen molar-refractivity contribution in [3.8, 4) is 0 Å². The highest BCUT2D eigenvalue weighted by molar-refractivity contribution is 7.45. The Labute approximate surface area is 354 Å². The van der Waals surface area contributed by atoms with E-state index in [0.29, 0.717) is 30.3 Å². The first-order chi connectivity index (χ1) is 28.0. The van der Waals surface area contributed by atoms with Gasteiger partial charge >= 0.3 is 11.9 Å². The fourth-order valence-electron chi connectivity index (χ4n) is 5.36. The van der Waals surface area contributed by atoms with Crippen molar-refractivity contribution in [2.24, 2.45) is 0 Å². The van der Waals surface area contributed by atoms with Gasteiger partial charge in [0.25, 0.3) is 7.82 Å². The number of phosphoric acid groups is 1. The zero-order valence-electron chi connectivity index (χ0n) is 37.2. The Morgan fingerprint density at radius 2 is 0.948 bits per heavy atom. The van der Waals surface area contributed by atoms with Crippen LogP contribution in [0.4, 0.5) is 0 Å². The molecule has 58 heavy (non-hydrogen) atoms. The quantitative estimate of drug-likeness (QED) is 0.0198. The second-order valence-corrected chi connectivity index (χ2v) is 17.1. The Hall–Kier alpha value is -2.81. The van der Waals surface area contributed by atoms with Crippen LogP contribution in [-0.2, 0) is 32.7 Å². The van der Waals surface area contributed by atoms with Crippen LogP contribution in [0.2, 0.25) is 0 Å². The molecule has 0 amide bonds. The zero-order chi connectivity index (χ0) is 42.8. The summed E-state index contributed by atoms with van der Waals surface area (Å²) in [6.07, 6.45) is 50.4. The first kappa shape index (κ1) is 55.2. The van der Waals surface area contributed by atoms with Crippen molar-refractivity contribution in [3.63, 3.8) is 0 Å². The largest absolute Gasteiger partial charge is 0.756 e. The molecule has 0 spiro atoms. The predicted octanol–water partition coefficient (Wildman–Crippen LogP) is 12.2. The highest BCUT2D eigenvalue weighted by Gasteiger charge is 2.21. The number of nitrogens with zero attached hydrogens (tertiary/aromatic N) is 1. The molecule has 0 aliphatic heterocycles. The maximum atomic E-state index is 12.7. The van der Waals surface area contributed by atoms with Crippen LogP contribution in [0.25, 0.3) is 0 Å². The van der Waals surface area contributed by atoms with E-state index in [0.717, 1.165) is 57.8 Å². The highest BCUT2D eigenvalue weighted by Crippen LogP contribution is 2.38. The standard InChI is InChI=1S/C48H82NO8P/c1-6-8-10-12-14-16-18-20-22-24-26-28-30-32-34-36-38-40-47(50)54-44-46(45-56-58(52,53)55-43-42-49(3,4)5)57-48(51)41-39-37-35-33-31-29-27-25-23-21-19-17-15-13-11-9-7-2/h14-17,20-23,26-29,33,35,46H,6-13,18-19,24-25,30-32,34,36-45H2,1-5H3/b16-14-,17-15-,22-20-,23-21-,28-26-,29-27-,35-33-/t46-/m1/s1. The number of quaternary nitrogens is 1. The van der Waals surface area contributed by atoms with Crippen LogP contribution in [-0.4, -0.2) is 70.0 Å². The van der Waals surface area contributed by atoms with Crippen molar-refractivity contribution in [2.45, 2.75) is 161 Å². The van der Waals surface area contributed by atoms with E-state index in [1.807, 2.05) is 27.2 Å². The van der Waals surface area contributed by atoms with Crippen molar-refractivity contribution in [3.05, 3.63) is 85.1 Å². The van der Waals surface area contributed by atoms with Crippen LogP contribution in [0, 0.1) is 0 Å². The van der Waals surface area contributed by atoms with E-state index < -0.39 is 32.5 Å². The molecule has 0 aromatic carbocycles. The lowest BCUT2D eigenvalue weighted by molar-refractivity contribution is -0.870. The average molecular weight is 832 g/mol. The number of carbonyl (C=O) groups excluding carboxylic acids is 2. The Kier molecular flexibility index (Phi) is 37.7.